The van der Waals surface area contributed by atoms with Gasteiger partial charge >= 0.3 is 5.69 Å². The highest BCUT2D eigenvalue weighted by atomic mass is 35.5. The van der Waals surface area contributed by atoms with Gasteiger partial charge in [-0.3, -0.25) is 10.1 Å². The van der Waals surface area contributed by atoms with Crippen molar-refractivity contribution in [3.8, 4) is 11.5 Å². The molecule has 0 spiro atoms. The first kappa shape index (κ1) is 15.1. The fourth-order valence-corrected chi connectivity index (χ4v) is 2.15. The van der Waals surface area contributed by atoms with Crippen LogP contribution in [0.15, 0.2) is 42.5 Å². The molecule has 0 amide bonds. The lowest BCUT2D eigenvalue weighted by atomic mass is 10.1. The third-order valence-electron chi connectivity index (χ3n) is 2.95. The van der Waals surface area contributed by atoms with Crippen LogP contribution in [-0.4, -0.2) is 12.0 Å². The summed E-state index contributed by atoms with van der Waals surface area (Å²) in [7, 11) is 1.44. The number of halogens is 1. The maximum absolute atomic E-state index is 11.3. The first-order valence-electron chi connectivity index (χ1n) is 6.24. The van der Waals surface area contributed by atoms with E-state index >= 15 is 0 Å². The molecule has 0 fully saturated rings. The maximum Gasteiger partial charge on any atom is 0.319 e. The zero-order valence-electron chi connectivity index (χ0n) is 11.4. The fourth-order valence-electron chi connectivity index (χ4n) is 1.93. The number of alkyl halides is 1. The largest absolute Gasteiger partial charge is 0.493 e. The van der Waals surface area contributed by atoms with Crippen molar-refractivity contribution in [2.75, 3.05) is 7.11 Å². The van der Waals surface area contributed by atoms with Gasteiger partial charge in [-0.15, -0.1) is 11.6 Å². The van der Waals surface area contributed by atoms with E-state index in [0.717, 1.165) is 5.56 Å². The Labute approximate surface area is 127 Å². The lowest BCUT2D eigenvalue weighted by Gasteiger charge is -2.12. The molecule has 2 aromatic rings. The predicted molar refractivity (Wildman–Crippen MR) is 80.0 cm³/mol. The van der Waals surface area contributed by atoms with Crippen LogP contribution in [0.1, 0.15) is 11.1 Å². The van der Waals surface area contributed by atoms with Crippen LogP contribution in [-0.2, 0) is 12.5 Å². The molecule has 2 rings (SSSR count). The average Bonchev–Trinajstić information content (AvgIpc) is 2.52. The summed E-state index contributed by atoms with van der Waals surface area (Å²) in [5.41, 5.74) is 1.15. The smallest absolute Gasteiger partial charge is 0.319 e. The number of ether oxygens (including phenoxy) is 2. The zero-order chi connectivity index (χ0) is 15.2. The third kappa shape index (κ3) is 3.44. The van der Waals surface area contributed by atoms with Gasteiger partial charge in [0, 0.05) is 5.56 Å². The number of nitro benzene ring substituents is 1. The molecular formula is C15H14ClNO4. The second kappa shape index (κ2) is 6.95. The monoisotopic (exact) mass is 307 g/mol. The maximum atomic E-state index is 11.3. The van der Waals surface area contributed by atoms with E-state index in [0.29, 0.717) is 11.3 Å². The highest BCUT2D eigenvalue weighted by Gasteiger charge is 2.25. The molecule has 0 aliphatic heterocycles. The number of benzene rings is 2. The zero-order valence-corrected chi connectivity index (χ0v) is 12.2. The second-order valence-corrected chi connectivity index (χ2v) is 4.54. The molecule has 0 aliphatic rings. The van der Waals surface area contributed by atoms with Crippen LogP contribution in [0.25, 0.3) is 0 Å². The van der Waals surface area contributed by atoms with Crippen molar-refractivity contribution in [2.45, 2.75) is 12.5 Å². The Bertz CT molecular complexity index is 631. The molecule has 21 heavy (non-hydrogen) atoms. The Kier molecular flexibility index (Phi) is 5.00. The van der Waals surface area contributed by atoms with Gasteiger partial charge in [0.25, 0.3) is 0 Å². The van der Waals surface area contributed by atoms with E-state index in [1.807, 2.05) is 30.3 Å². The molecule has 0 heterocycles. The molecule has 2 aromatic carbocycles. The Morgan fingerprint density at radius 2 is 1.90 bits per heavy atom. The molecule has 0 aromatic heterocycles. The molecule has 0 unspecified atom stereocenters. The van der Waals surface area contributed by atoms with Gasteiger partial charge in [0.05, 0.1) is 17.9 Å². The average molecular weight is 308 g/mol. The van der Waals surface area contributed by atoms with Crippen molar-refractivity contribution in [1.29, 1.82) is 0 Å². The highest BCUT2D eigenvalue weighted by molar-refractivity contribution is 6.17. The van der Waals surface area contributed by atoms with Crippen molar-refractivity contribution in [2.24, 2.45) is 0 Å². The van der Waals surface area contributed by atoms with E-state index in [1.165, 1.54) is 7.11 Å². The molecule has 0 radical (unpaired) electrons. The SMILES string of the molecule is COc1ccc(CCl)c([N+](=O)[O-])c1OCc1ccccc1. The van der Waals surface area contributed by atoms with E-state index in [9.17, 15) is 10.1 Å². The summed E-state index contributed by atoms with van der Waals surface area (Å²) in [6, 6.07) is 12.6. The molecule has 5 nitrogen and oxygen atoms in total. The minimum atomic E-state index is -0.499. The van der Waals surface area contributed by atoms with Crippen LogP contribution in [0.3, 0.4) is 0 Å². The van der Waals surface area contributed by atoms with E-state index in [-0.39, 0.29) is 23.9 Å². The van der Waals surface area contributed by atoms with E-state index < -0.39 is 4.92 Å². The van der Waals surface area contributed by atoms with Gasteiger partial charge in [0.1, 0.15) is 6.61 Å². The van der Waals surface area contributed by atoms with E-state index in [4.69, 9.17) is 21.1 Å². The van der Waals surface area contributed by atoms with Crippen molar-refractivity contribution in [3.05, 3.63) is 63.7 Å². The summed E-state index contributed by atoms with van der Waals surface area (Å²) in [6.07, 6.45) is 0. The van der Waals surface area contributed by atoms with E-state index in [2.05, 4.69) is 0 Å². The van der Waals surface area contributed by atoms with Crippen LogP contribution in [0.5, 0.6) is 11.5 Å². The summed E-state index contributed by atoms with van der Waals surface area (Å²) in [4.78, 5) is 10.8. The number of rotatable bonds is 6. The highest BCUT2D eigenvalue weighted by Crippen LogP contribution is 2.40. The lowest BCUT2D eigenvalue weighted by Crippen LogP contribution is -2.03. The summed E-state index contributed by atoms with van der Waals surface area (Å²) < 4.78 is 10.8. The van der Waals surface area contributed by atoms with Gasteiger partial charge in [-0.2, -0.15) is 0 Å². The van der Waals surface area contributed by atoms with Gasteiger partial charge in [-0.1, -0.05) is 30.3 Å². The molecule has 110 valence electrons. The topological polar surface area (TPSA) is 61.6 Å². The normalized spacial score (nSPS) is 10.2. The summed E-state index contributed by atoms with van der Waals surface area (Å²) in [5, 5.41) is 11.3. The minimum Gasteiger partial charge on any atom is -0.493 e. The molecule has 0 saturated carbocycles. The van der Waals surface area contributed by atoms with Crippen molar-refractivity contribution in [1.82, 2.24) is 0 Å². The predicted octanol–water partition coefficient (Wildman–Crippen LogP) is 3.92. The Hall–Kier alpha value is -2.27. The number of nitrogens with zero attached hydrogens (tertiary/aromatic N) is 1. The van der Waals surface area contributed by atoms with Crippen LogP contribution in [0.2, 0.25) is 0 Å². The Balaban J connectivity index is 2.37. The molecule has 0 atom stereocenters. The van der Waals surface area contributed by atoms with Gasteiger partial charge in [0.15, 0.2) is 5.75 Å². The summed E-state index contributed by atoms with van der Waals surface area (Å²) >= 11 is 5.76. The number of hydrogen-bond donors (Lipinski definition) is 0. The number of nitro groups is 1. The van der Waals surface area contributed by atoms with Gasteiger partial charge < -0.3 is 9.47 Å². The van der Waals surface area contributed by atoms with Crippen molar-refractivity contribution in [3.63, 3.8) is 0 Å². The quantitative estimate of drug-likeness (QED) is 0.461. The molecule has 0 saturated heterocycles. The first-order chi connectivity index (χ1) is 10.2. The van der Waals surface area contributed by atoms with Crippen molar-refractivity contribution < 1.29 is 14.4 Å². The van der Waals surface area contributed by atoms with E-state index in [1.54, 1.807) is 12.1 Å². The van der Waals surface area contributed by atoms with Crippen LogP contribution in [0, 0.1) is 10.1 Å². The fraction of sp³-hybridized carbons (Fsp3) is 0.200. The number of hydrogen-bond acceptors (Lipinski definition) is 4. The summed E-state index contributed by atoms with van der Waals surface area (Å²) in [5.74, 6) is 0.443. The molecule has 0 bridgehead atoms. The van der Waals surface area contributed by atoms with Crippen LogP contribution >= 0.6 is 11.6 Å². The molecule has 6 heteroatoms. The van der Waals surface area contributed by atoms with Crippen molar-refractivity contribution >= 4 is 17.3 Å². The summed E-state index contributed by atoms with van der Waals surface area (Å²) in [6.45, 7) is 0.212. The molecule has 0 aliphatic carbocycles. The molecule has 0 N–H and O–H groups in total. The third-order valence-corrected chi connectivity index (χ3v) is 3.24. The first-order valence-corrected chi connectivity index (χ1v) is 6.77. The minimum absolute atomic E-state index is 0.0298. The van der Waals surface area contributed by atoms with Gasteiger partial charge in [-0.25, -0.2) is 0 Å². The standard InChI is InChI=1S/C15H14ClNO4/c1-20-13-8-7-12(9-16)14(17(18)19)15(13)21-10-11-5-3-2-4-6-11/h2-8H,9-10H2,1H3. The second-order valence-electron chi connectivity index (χ2n) is 4.27. The Morgan fingerprint density at radius 1 is 1.19 bits per heavy atom. The van der Waals surface area contributed by atoms with Crippen LogP contribution in [0.4, 0.5) is 5.69 Å². The lowest BCUT2D eigenvalue weighted by molar-refractivity contribution is -0.386. The molecular weight excluding hydrogens is 294 g/mol. The number of methoxy groups -OCH3 is 1. The Morgan fingerprint density at radius 3 is 2.48 bits per heavy atom. The van der Waals surface area contributed by atoms with Gasteiger partial charge in [-0.05, 0) is 17.7 Å². The van der Waals surface area contributed by atoms with Crippen LogP contribution < -0.4 is 9.47 Å². The van der Waals surface area contributed by atoms with Gasteiger partial charge in [0.2, 0.25) is 5.75 Å².